The summed E-state index contributed by atoms with van der Waals surface area (Å²) in [6.07, 6.45) is 1.48. The second-order valence-corrected chi connectivity index (χ2v) is 4.90. The molecule has 7 heteroatoms. The molecule has 0 atom stereocenters. The molecular weight excluding hydrogens is 315 g/mol. The zero-order valence-corrected chi connectivity index (χ0v) is 13.3. The van der Waals surface area contributed by atoms with E-state index in [1.54, 1.807) is 26.0 Å². The highest BCUT2D eigenvalue weighted by Gasteiger charge is 2.16. The minimum Gasteiger partial charge on any atom is -0.477 e. The summed E-state index contributed by atoms with van der Waals surface area (Å²) >= 11 is 0. The van der Waals surface area contributed by atoms with Crippen molar-refractivity contribution in [3.63, 3.8) is 0 Å². The highest BCUT2D eigenvalue weighted by Crippen LogP contribution is 2.17. The van der Waals surface area contributed by atoms with E-state index in [0.717, 1.165) is 5.56 Å². The predicted molar refractivity (Wildman–Crippen MR) is 85.5 cm³/mol. The molecule has 2 aromatic rings. The van der Waals surface area contributed by atoms with Gasteiger partial charge in [0.15, 0.2) is 6.61 Å². The first-order chi connectivity index (χ1) is 11.5. The zero-order valence-electron chi connectivity index (χ0n) is 13.3. The number of nitrogens with one attached hydrogen (secondary N) is 1. The monoisotopic (exact) mass is 332 g/mol. The smallest absolute Gasteiger partial charge is 0.344 e. The molecule has 1 amide bonds. The van der Waals surface area contributed by atoms with Crippen LogP contribution in [0.25, 0.3) is 0 Å². The van der Waals surface area contributed by atoms with E-state index in [-0.39, 0.29) is 17.1 Å². The molecule has 1 N–H and O–H groups in total. The van der Waals surface area contributed by atoms with E-state index in [2.05, 4.69) is 10.3 Å². The number of esters is 1. The molecule has 1 aromatic heterocycles. The minimum absolute atomic E-state index is 0.0260. The summed E-state index contributed by atoms with van der Waals surface area (Å²) in [6, 6.07) is 7.44. The second-order valence-electron chi connectivity index (χ2n) is 4.90. The van der Waals surface area contributed by atoms with Gasteiger partial charge in [-0.1, -0.05) is 6.07 Å². The average molecular weight is 332 g/mol. The molecular formula is C17H17FN2O4. The van der Waals surface area contributed by atoms with Gasteiger partial charge in [-0.2, -0.15) is 0 Å². The Labute approximate surface area is 138 Å². The van der Waals surface area contributed by atoms with E-state index in [1.165, 1.54) is 24.4 Å². The number of benzene rings is 1. The summed E-state index contributed by atoms with van der Waals surface area (Å²) in [4.78, 5) is 27.7. The molecule has 0 aliphatic rings. The Hall–Kier alpha value is -2.96. The van der Waals surface area contributed by atoms with E-state index in [1.807, 2.05) is 0 Å². The van der Waals surface area contributed by atoms with Crippen LogP contribution in [-0.4, -0.2) is 30.1 Å². The third-order valence-electron chi connectivity index (χ3n) is 3.01. The number of hydrogen-bond donors (Lipinski definition) is 1. The van der Waals surface area contributed by atoms with Crippen LogP contribution in [0.1, 0.15) is 22.8 Å². The lowest BCUT2D eigenvalue weighted by Gasteiger charge is -2.10. The summed E-state index contributed by atoms with van der Waals surface area (Å²) in [5.41, 5.74) is 0.878. The SMILES string of the molecule is CCOc1ncccc1C(=O)OCC(=O)Nc1ccc(C)cc1F. The van der Waals surface area contributed by atoms with Crippen LogP contribution < -0.4 is 10.1 Å². The number of anilines is 1. The Morgan fingerprint density at radius 3 is 2.79 bits per heavy atom. The third kappa shape index (κ3) is 4.52. The molecule has 0 saturated heterocycles. The molecule has 0 aliphatic carbocycles. The van der Waals surface area contributed by atoms with Crippen LogP contribution in [-0.2, 0) is 9.53 Å². The van der Waals surface area contributed by atoms with Gasteiger partial charge < -0.3 is 14.8 Å². The molecule has 0 fully saturated rings. The highest BCUT2D eigenvalue weighted by atomic mass is 19.1. The fourth-order valence-corrected chi connectivity index (χ4v) is 1.91. The van der Waals surface area contributed by atoms with Gasteiger partial charge in [0.1, 0.15) is 11.4 Å². The summed E-state index contributed by atoms with van der Waals surface area (Å²) < 4.78 is 23.8. The van der Waals surface area contributed by atoms with Crippen LogP contribution >= 0.6 is 0 Å². The molecule has 1 heterocycles. The zero-order chi connectivity index (χ0) is 17.5. The summed E-state index contributed by atoms with van der Waals surface area (Å²) in [5.74, 6) is -1.81. The number of hydrogen-bond acceptors (Lipinski definition) is 5. The van der Waals surface area contributed by atoms with Crippen molar-refractivity contribution in [2.24, 2.45) is 0 Å². The van der Waals surface area contributed by atoms with Gasteiger partial charge in [0, 0.05) is 6.20 Å². The molecule has 0 aliphatic heterocycles. The molecule has 1 aromatic carbocycles. The van der Waals surface area contributed by atoms with E-state index in [9.17, 15) is 14.0 Å². The molecule has 0 saturated carbocycles. The first-order valence-corrected chi connectivity index (χ1v) is 7.32. The van der Waals surface area contributed by atoms with Gasteiger partial charge in [0.2, 0.25) is 5.88 Å². The van der Waals surface area contributed by atoms with Crippen LogP contribution in [0.3, 0.4) is 0 Å². The van der Waals surface area contributed by atoms with Gasteiger partial charge in [0.05, 0.1) is 12.3 Å². The largest absolute Gasteiger partial charge is 0.477 e. The maximum Gasteiger partial charge on any atom is 0.344 e. The van der Waals surface area contributed by atoms with Gasteiger partial charge in [-0.15, -0.1) is 0 Å². The maximum atomic E-state index is 13.7. The number of pyridine rings is 1. The number of nitrogens with zero attached hydrogens (tertiary/aromatic N) is 1. The standard InChI is InChI=1S/C17H17FN2O4/c1-3-23-16-12(5-4-8-19-16)17(22)24-10-15(21)20-14-7-6-11(2)9-13(14)18/h4-9H,3,10H2,1-2H3,(H,20,21). The molecule has 24 heavy (non-hydrogen) atoms. The second kappa shape index (κ2) is 8.05. The number of carbonyl (C=O) groups excluding carboxylic acids is 2. The minimum atomic E-state index is -0.744. The normalized spacial score (nSPS) is 10.1. The Balaban J connectivity index is 1.95. The number of rotatable bonds is 6. The number of halogens is 1. The molecule has 0 spiro atoms. The number of amides is 1. The van der Waals surface area contributed by atoms with Gasteiger partial charge in [-0.3, -0.25) is 4.79 Å². The Morgan fingerprint density at radius 1 is 1.29 bits per heavy atom. The van der Waals surface area contributed by atoms with Gasteiger partial charge in [-0.25, -0.2) is 14.2 Å². The summed E-state index contributed by atoms with van der Waals surface area (Å²) in [7, 11) is 0. The molecule has 0 unspecified atom stereocenters. The summed E-state index contributed by atoms with van der Waals surface area (Å²) in [5, 5.41) is 2.35. The van der Waals surface area contributed by atoms with Crippen molar-refractivity contribution >= 4 is 17.6 Å². The van der Waals surface area contributed by atoms with E-state index >= 15 is 0 Å². The Morgan fingerprint density at radius 2 is 2.08 bits per heavy atom. The quantitative estimate of drug-likeness (QED) is 0.823. The topological polar surface area (TPSA) is 77.5 Å². The maximum absolute atomic E-state index is 13.7. The fraction of sp³-hybridized carbons (Fsp3) is 0.235. The lowest BCUT2D eigenvalue weighted by atomic mass is 10.2. The van der Waals surface area contributed by atoms with E-state index < -0.39 is 24.3 Å². The Bertz CT molecular complexity index is 749. The van der Waals surface area contributed by atoms with Crippen molar-refractivity contribution in [1.82, 2.24) is 4.98 Å². The predicted octanol–water partition coefficient (Wildman–Crippen LogP) is 2.72. The molecule has 0 radical (unpaired) electrons. The fourth-order valence-electron chi connectivity index (χ4n) is 1.91. The van der Waals surface area contributed by atoms with Crippen LogP contribution in [0.4, 0.5) is 10.1 Å². The van der Waals surface area contributed by atoms with Crippen molar-refractivity contribution in [2.45, 2.75) is 13.8 Å². The lowest BCUT2D eigenvalue weighted by molar-refractivity contribution is -0.119. The van der Waals surface area contributed by atoms with E-state index in [4.69, 9.17) is 9.47 Å². The molecule has 2 rings (SSSR count). The van der Waals surface area contributed by atoms with Crippen molar-refractivity contribution < 1.29 is 23.5 Å². The molecule has 6 nitrogen and oxygen atoms in total. The number of ether oxygens (including phenoxy) is 2. The highest BCUT2D eigenvalue weighted by molar-refractivity contribution is 5.96. The molecule has 0 bridgehead atoms. The van der Waals surface area contributed by atoms with E-state index in [0.29, 0.717) is 6.61 Å². The third-order valence-corrected chi connectivity index (χ3v) is 3.01. The van der Waals surface area contributed by atoms with Gasteiger partial charge in [-0.05, 0) is 43.7 Å². The van der Waals surface area contributed by atoms with Crippen LogP contribution in [0.15, 0.2) is 36.5 Å². The lowest BCUT2D eigenvalue weighted by Crippen LogP contribution is -2.22. The average Bonchev–Trinajstić information content (AvgIpc) is 2.56. The van der Waals surface area contributed by atoms with Crippen molar-refractivity contribution in [3.05, 3.63) is 53.5 Å². The van der Waals surface area contributed by atoms with Crippen LogP contribution in [0.2, 0.25) is 0 Å². The summed E-state index contributed by atoms with van der Waals surface area (Å²) in [6.45, 7) is 3.28. The van der Waals surface area contributed by atoms with Crippen molar-refractivity contribution in [1.29, 1.82) is 0 Å². The molecule has 126 valence electrons. The van der Waals surface area contributed by atoms with Crippen molar-refractivity contribution in [2.75, 3.05) is 18.5 Å². The van der Waals surface area contributed by atoms with Gasteiger partial charge in [0.25, 0.3) is 5.91 Å². The number of carbonyl (C=O) groups is 2. The first-order valence-electron chi connectivity index (χ1n) is 7.32. The van der Waals surface area contributed by atoms with Crippen LogP contribution in [0.5, 0.6) is 5.88 Å². The first kappa shape index (κ1) is 17.4. The number of aryl methyl sites for hydroxylation is 1. The van der Waals surface area contributed by atoms with Gasteiger partial charge >= 0.3 is 5.97 Å². The Kier molecular flexibility index (Phi) is 5.83. The van der Waals surface area contributed by atoms with Crippen molar-refractivity contribution in [3.8, 4) is 5.88 Å². The number of aromatic nitrogens is 1. The van der Waals surface area contributed by atoms with Crippen LogP contribution in [0, 0.1) is 12.7 Å².